The van der Waals surface area contributed by atoms with E-state index in [0.29, 0.717) is 31.6 Å². The summed E-state index contributed by atoms with van der Waals surface area (Å²) in [6.45, 7) is 1.07. The quantitative estimate of drug-likeness (QED) is 0.710. The van der Waals surface area contributed by atoms with Gasteiger partial charge < -0.3 is 15.2 Å². The van der Waals surface area contributed by atoms with Crippen LogP contribution in [-0.4, -0.2) is 36.4 Å². The van der Waals surface area contributed by atoms with Crippen LogP contribution in [-0.2, 0) is 4.74 Å². The second-order valence-corrected chi connectivity index (χ2v) is 6.71. The lowest BCUT2D eigenvalue weighted by atomic mass is 9.90. The third kappa shape index (κ3) is 3.68. The van der Waals surface area contributed by atoms with Crippen molar-refractivity contribution in [2.24, 2.45) is 0 Å². The number of ether oxygens (including phenoxy) is 1. The summed E-state index contributed by atoms with van der Waals surface area (Å²) in [4.78, 5) is 12.4. The first kappa shape index (κ1) is 15.2. The number of aliphatic hydroxyl groups is 1. The first-order valence-electron chi connectivity index (χ1n) is 6.02. The average Bonchev–Trinajstić information content (AvgIpc) is 2.42. The largest absolute Gasteiger partial charge is 0.394 e. The highest BCUT2D eigenvalue weighted by Gasteiger charge is 2.34. The number of hydrogen-bond donors (Lipinski definition) is 2. The van der Waals surface area contributed by atoms with Crippen LogP contribution in [0.3, 0.4) is 0 Å². The molecule has 19 heavy (non-hydrogen) atoms. The van der Waals surface area contributed by atoms with Crippen LogP contribution in [0.1, 0.15) is 23.2 Å². The number of nitrogens with one attached hydrogen (secondary N) is 1. The van der Waals surface area contributed by atoms with Crippen LogP contribution in [0.5, 0.6) is 0 Å². The van der Waals surface area contributed by atoms with Gasteiger partial charge >= 0.3 is 0 Å². The Balaban J connectivity index is 2.17. The molecule has 1 aliphatic rings. The molecule has 0 unspecified atom stereocenters. The molecule has 1 aromatic carbocycles. The predicted molar refractivity (Wildman–Crippen MR) is 84.2 cm³/mol. The van der Waals surface area contributed by atoms with Gasteiger partial charge in [0, 0.05) is 21.3 Å². The molecule has 1 amide bonds. The minimum absolute atomic E-state index is 0.0628. The van der Waals surface area contributed by atoms with Gasteiger partial charge in [0.2, 0.25) is 0 Å². The number of amides is 1. The third-order valence-electron chi connectivity index (χ3n) is 3.30. The van der Waals surface area contributed by atoms with E-state index in [9.17, 15) is 9.90 Å². The van der Waals surface area contributed by atoms with E-state index in [4.69, 9.17) is 4.74 Å². The number of benzene rings is 1. The van der Waals surface area contributed by atoms with Crippen LogP contribution in [0.4, 0.5) is 0 Å². The summed E-state index contributed by atoms with van der Waals surface area (Å²) in [5.41, 5.74) is 0.0649. The van der Waals surface area contributed by atoms with Crippen LogP contribution in [0.15, 0.2) is 22.7 Å². The molecule has 1 fully saturated rings. The molecule has 1 aromatic rings. The lowest BCUT2D eigenvalue weighted by Gasteiger charge is -2.36. The highest BCUT2D eigenvalue weighted by molar-refractivity contribution is 14.1. The van der Waals surface area contributed by atoms with E-state index in [1.807, 2.05) is 12.1 Å². The Morgan fingerprint density at radius 2 is 2.16 bits per heavy atom. The second-order valence-electron chi connectivity index (χ2n) is 4.63. The Bertz CT molecular complexity index is 475. The van der Waals surface area contributed by atoms with E-state index in [0.717, 1.165) is 8.04 Å². The lowest BCUT2D eigenvalue weighted by molar-refractivity contribution is 0.0125. The number of aliphatic hydroxyl groups excluding tert-OH is 1. The molecule has 104 valence electrons. The summed E-state index contributed by atoms with van der Waals surface area (Å²) in [5.74, 6) is -0.151. The smallest absolute Gasteiger partial charge is 0.252 e. The molecule has 0 saturated carbocycles. The highest BCUT2D eigenvalue weighted by Crippen LogP contribution is 2.23. The average molecular weight is 440 g/mol. The summed E-state index contributed by atoms with van der Waals surface area (Å²) in [7, 11) is 0. The van der Waals surface area contributed by atoms with Crippen molar-refractivity contribution in [3.8, 4) is 0 Å². The molecule has 0 radical (unpaired) electrons. The third-order valence-corrected chi connectivity index (χ3v) is 4.74. The van der Waals surface area contributed by atoms with E-state index in [2.05, 4.69) is 43.8 Å². The zero-order valence-electron chi connectivity index (χ0n) is 10.3. The summed E-state index contributed by atoms with van der Waals surface area (Å²) in [6, 6.07) is 5.57. The van der Waals surface area contributed by atoms with Crippen molar-refractivity contribution in [3.05, 3.63) is 31.8 Å². The fraction of sp³-hybridized carbons (Fsp3) is 0.462. The van der Waals surface area contributed by atoms with Gasteiger partial charge in [-0.25, -0.2) is 0 Å². The van der Waals surface area contributed by atoms with Gasteiger partial charge in [-0.2, -0.15) is 0 Å². The van der Waals surface area contributed by atoms with E-state index >= 15 is 0 Å². The van der Waals surface area contributed by atoms with Gasteiger partial charge in [0.05, 0.1) is 17.7 Å². The number of rotatable bonds is 3. The minimum Gasteiger partial charge on any atom is -0.394 e. The minimum atomic E-state index is -0.555. The highest BCUT2D eigenvalue weighted by atomic mass is 127. The van der Waals surface area contributed by atoms with Crippen molar-refractivity contribution in [3.63, 3.8) is 0 Å². The Morgan fingerprint density at radius 1 is 1.47 bits per heavy atom. The van der Waals surface area contributed by atoms with Crippen LogP contribution < -0.4 is 5.32 Å². The molecule has 2 N–H and O–H groups in total. The predicted octanol–water partition coefficient (Wildman–Crippen LogP) is 2.33. The topological polar surface area (TPSA) is 58.6 Å². The Labute approximate surface area is 134 Å². The monoisotopic (exact) mass is 439 g/mol. The lowest BCUT2D eigenvalue weighted by Crippen LogP contribution is -2.54. The molecule has 0 bridgehead atoms. The van der Waals surface area contributed by atoms with Gasteiger partial charge in [-0.15, -0.1) is 0 Å². The first-order chi connectivity index (χ1) is 9.06. The number of carbonyl (C=O) groups excluding carboxylic acids is 1. The molecule has 1 aliphatic heterocycles. The van der Waals surface area contributed by atoms with Gasteiger partial charge in [0.1, 0.15) is 0 Å². The van der Waals surface area contributed by atoms with Crippen LogP contribution in [0.25, 0.3) is 0 Å². The summed E-state index contributed by atoms with van der Waals surface area (Å²) in [6.07, 6.45) is 1.28. The second kappa shape index (κ2) is 6.51. The van der Waals surface area contributed by atoms with E-state index in [1.165, 1.54) is 0 Å². The molecule has 6 heteroatoms. The van der Waals surface area contributed by atoms with Crippen LogP contribution >= 0.6 is 38.5 Å². The van der Waals surface area contributed by atoms with E-state index in [1.54, 1.807) is 6.07 Å². The Morgan fingerprint density at radius 3 is 2.79 bits per heavy atom. The molecule has 1 saturated heterocycles. The van der Waals surface area contributed by atoms with Crippen molar-refractivity contribution in [1.29, 1.82) is 0 Å². The van der Waals surface area contributed by atoms with E-state index < -0.39 is 5.54 Å². The van der Waals surface area contributed by atoms with E-state index in [-0.39, 0.29) is 12.5 Å². The fourth-order valence-electron chi connectivity index (χ4n) is 2.06. The summed E-state index contributed by atoms with van der Waals surface area (Å²) >= 11 is 5.50. The van der Waals surface area contributed by atoms with Crippen molar-refractivity contribution in [2.75, 3.05) is 19.8 Å². The molecular formula is C13H15BrINO3. The molecule has 0 aliphatic carbocycles. The van der Waals surface area contributed by atoms with Gasteiger partial charge in [-0.3, -0.25) is 4.79 Å². The number of halogens is 2. The van der Waals surface area contributed by atoms with Gasteiger partial charge in [-0.05, 0) is 53.6 Å². The summed E-state index contributed by atoms with van der Waals surface area (Å²) in [5, 5.41) is 12.6. The number of carbonyl (C=O) groups is 1. The normalized spacial score (nSPS) is 18.1. The first-order valence-corrected chi connectivity index (χ1v) is 7.90. The van der Waals surface area contributed by atoms with Crippen molar-refractivity contribution >= 4 is 44.4 Å². The van der Waals surface area contributed by atoms with Gasteiger partial charge in [0.25, 0.3) is 5.91 Å². The molecular weight excluding hydrogens is 425 g/mol. The maximum absolute atomic E-state index is 12.4. The molecule has 4 nitrogen and oxygen atoms in total. The number of hydrogen-bond acceptors (Lipinski definition) is 3. The molecule has 0 spiro atoms. The zero-order valence-corrected chi connectivity index (χ0v) is 14.0. The molecule has 1 heterocycles. The standard InChI is InChI=1S/C13H15BrINO3/c14-9-1-2-11(15)10(7-9)12(18)16-13(8-17)3-5-19-6-4-13/h1-2,7,17H,3-6,8H2,(H,16,18). The maximum atomic E-state index is 12.4. The van der Waals surface area contributed by atoms with Crippen molar-refractivity contribution in [1.82, 2.24) is 5.32 Å². The molecule has 0 atom stereocenters. The fourth-order valence-corrected chi connectivity index (χ4v) is 3.01. The Kier molecular flexibility index (Phi) is 5.22. The van der Waals surface area contributed by atoms with Crippen LogP contribution in [0.2, 0.25) is 0 Å². The van der Waals surface area contributed by atoms with Gasteiger partial charge in [-0.1, -0.05) is 15.9 Å². The SMILES string of the molecule is O=C(NC1(CO)CCOCC1)c1cc(Br)ccc1I. The Hall–Kier alpha value is -0.180. The van der Waals surface area contributed by atoms with Gasteiger partial charge in [0.15, 0.2) is 0 Å². The van der Waals surface area contributed by atoms with Crippen molar-refractivity contribution in [2.45, 2.75) is 18.4 Å². The molecule has 2 rings (SSSR count). The van der Waals surface area contributed by atoms with Crippen LogP contribution in [0, 0.1) is 3.57 Å². The zero-order chi connectivity index (χ0) is 13.9. The summed E-state index contributed by atoms with van der Waals surface area (Å²) < 4.78 is 7.04. The van der Waals surface area contributed by atoms with Crippen molar-refractivity contribution < 1.29 is 14.6 Å². The molecule has 0 aromatic heterocycles. The maximum Gasteiger partial charge on any atom is 0.252 e.